The molecule has 0 spiro atoms. The highest BCUT2D eigenvalue weighted by Gasteiger charge is 2.23. The van der Waals surface area contributed by atoms with Crippen molar-refractivity contribution in [3.8, 4) is 5.69 Å². The zero-order valence-electron chi connectivity index (χ0n) is 13.2. The highest BCUT2D eigenvalue weighted by molar-refractivity contribution is 6.00. The first-order valence-corrected chi connectivity index (χ1v) is 8.45. The second kappa shape index (κ2) is 5.18. The van der Waals surface area contributed by atoms with E-state index in [2.05, 4.69) is 16.4 Å². The number of hydrogen-bond donors (Lipinski definition) is 2. The number of H-pyrrole nitrogens is 1. The fraction of sp³-hybridized carbons (Fsp3) is 0.263. The van der Waals surface area contributed by atoms with Crippen LogP contribution in [-0.2, 0) is 0 Å². The van der Waals surface area contributed by atoms with Gasteiger partial charge >= 0.3 is 5.69 Å². The Morgan fingerprint density at radius 2 is 1.92 bits per heavy atom. The molecule has 0 bridgehead atoms. The molecule has 3 heterocycles. The number of aromatic amines is 1. The molecule has 0 amide bonds. The van der Waals surface area contributed by atoms with Crippen molar-refractivity contribution in [2.45, 2.75) is 18.8 Å². The molecule has 5 nitrogen and oxygen atoms in total. The number of piperidine rings is 1. The number of rotatable bonds is 1. The molecule has 24 heavy (non-hydrogen) atoms. The standard InChI is InChI=1S/C19H18N4O/c24-19-22-15-5-1-3-13-11-21-17-14(12-7-9-20-10-8-12)4-2-6-16(17)23(19)18(13)15/h1-6,11-12,20H,7-10H2,(H,22,24). The maximum absolute atomic E-state index is 12.6. The minimum Gasteiger partial charge on any atom is -0.317 e. The van der Waals surface area contributed by atoms with Crippen LogP contribution in [0.4, 0.5) is 5.69 Å². The zero-order chi connectivity index (χ0) is 16.1. The van der Waals surface area contributed by atoms with E-state index in [-0.39, 0.29) is 5.69 Å². The van der Waals surface area contributed by atoms with Crippen molar-refractivity contribution in [2.75, 3.05) is 13.1 Å². The van der Waals surface area contributed by atoms with E-state index in [0.717, 1.165) is 53.9 Å². The van der Waals surface area contributed by atoms with Crippen LogP contribution in [0, 0.1) is 0 Å². The van der Waals surface area contributed by atoms with Gasteiger partial charge in [0.05, 0.1) is 22.4 Å². The molecule has 0 radical (unpaired) electrons. The summed E-state index contributed by atoms with van der Waals surface area (Å²) in [6, 6.07) is 12.1. The van der Waals surface area contributed by atoms with Crippen LogP contribution in [0.1, 0.15) is 29.9 Å². The van der Waals surface area contributed by atoms with E-state index < -0.39 is 0 Å². The summed E-state index contributed by atoms with van der Waals surface area (Å²) >= 11 is 0. The Balaban J connectivity index is 1.81. The topological polar surface area (TPSA) is 62.2 Å². The van der Waals surface area contributed by atoms with Gasteiger partial charge in [0.2, 0.25) is 0 Å². The van der Waals surface area contributed by atoms with Crippen molar-refractivity contribution in [3.63, 3.8) is 0 Å². The summed E-state index contributed by atoms with van der Waals surface area (Å²) in [7, 11) is 0. The van der Waals surface area contributed by atoms with E-state index >= 15 is 0 Å². The van der Waals surface area contributed by atoms with Crippen molar-refractivity contribution in [1.82, 2.24) is 14.9 Å². The average molecular weight is 318 g/mol. The minimum atomic E-state index is -0.105. The monoisotopic (exact) mass is 318 g/mol. The lowest BCUT2D eigenvalue weighted by atomic mass is 9.88. The van der Waals surface area contributed by atoms with Crippen molar-refractivity contribution in [2.24, 2.45) is 4.99 Å². The molecule has 0 saturated carbocycles. The van der Waals surface area contributed by atoms with Gasteiger partial charge in [0.1, 0.15) is 0 Å². The van der Waals surface area contributed by atoms with Crippen LogP contribution in [0.15, 0.2) is 46.2 Å². The van der Waals surface area contributed by atoms with Crippen molar-refractivity contribution < 1.29 is 0 Å². The SMILES string of the molecule is O=c1[nH]c2cccc3c2n1-c1cccc(C2CCNCC2)c1N=C3. The Morgan fingerprint density at radius 3 is 2.79 bits per heavy atom. The van der Waals surface area contributed by atoms with E-state index in [1.807, 2.05) is 36.5 Å². The lowest BCUT2D eigenvalue weighted by molar-refractivity contribution is 0.461. The van der Waals surface area contributed by atoms with Gasteiger partial charge in [-0.05, 0) is 49.5 Å². The molecule has 1 saturated heterocycles. The lowest BCUT2D eigenvalue weighted by Gasteiger charge is -2.24. The quantitative estimate of drug-likeness (QED) is 0.567. The number of aromatic nitrogens is 2. The first kappa shape index (κ1) is 13.7. The molecule has 1 aromatic heterocycles. The molecular formula is C19H18N4O. The summed E-state index contributed by atoms with van der Waals surface area (Å²) < 4.78 is 1.78. The number of imidazole rings is 1. The largest absolute Gasteiger partial charge is 0.331 e. The predicted octanol–water partition coefficient (Wildman–Crippen LogP) is 2.85. The molecule has 0 atom stereocenters. The molecule has 2 aliphatic rings. The Kier molecular flexibility index (Phi) is 2.97. The normalized spacial score (nSPS) is 17.0. The van der Waals surface area contributed by atoms with Gasteiger partial charge in [-0.25, -0.2) is 4.79 Å². The van der Waals surface area contributed by atoms with Crippen LogP contribution in [-0.4, -0.2) is 28.9 Å². The van der Waals surface area contributed by atoms with Gasteiger partial charge in [-0.1, -0.05) is 24.3 Å². The van der Waals surface area contributed by atoms with Crippen molar-refractivity contribution in [1.29, 1.82) is 0 Å². The predicted molar refractivity (Wildman–Crippen MR) is 96.0 cm³/mol. The summed E-state index contributed by atoms with van der Waals surface area (Å²) in [5.74, 6) is 0.490. The van der Waals surface area contributed by atoms with Crippen LogP contribution in [0.25, 0.3) is 16.7 Å². The van der Waals surface area contributed by atoms with Gasteiger partial charge < -0.3 is 10.3 Å². The summed E-state index contributed by atoms with van der Waals surface area (Å²) in [4.78, 5) is 20.4. The maximum atomic E-state index is 12.6. The molecule has 5 heteroatoms. The number of aliphatic imine (C=N–C) groups is 1. The van der Waals surface area contributed by atoms with E-state index in [1.165, 1.54) is 5.56 Å². The molecule has 0 aliphatic carbocycles. The Morgan fingerprint density at radius 1 is 1.08 bits per heavy atom. The highest BCUT2D eigenvalue weighted by atomic mass is 16.1. The van der Waals surface area contributed by atoms with E-state index in [1.54, 1.807) is 4.57 Å². The molecular weight excluding hydrogens is 300 g/mol. The van der Waals surface area contributed by atoms with Gasteiger partial charge in [0.15, 0.2) is 0 Å². The van der Waals surface area contributed by atoms with Crippen LogP contribution in [0.2, 0.25) is 0 Å². The molecule has 120 valence electrons. The van der Waals surface area contributed by atoms with Crippen molar-refractivity contribution in [3.05, 3.63) is 58.0 Å². The number of para-hydroxylation sites is 2. The van der Waals surface area contributed by atoms with Gasteiger partial charge in [0.25, 0.3) is 0 Å². The van der Waals surface area contributed by atoms with Crippen LogP contribution >= 0.6 is 0 Å². The third-order valence-corrected chi connectivity index (χ3v) is 5.13. The number of hydrogen-bond acceptors (Lipinski definition) is 3. The first-order valence-electron chi connectivity index (χ1n) is 8.45. The van der Waals surface area contributed by atoms with Crippen LogP contribution in [0.5, 0.6) is 0 Å². The van der Waals surface area contributed by atoms with Crippen LogP contribution < -0.4 is 11.0 Å². The molecule has 1 fully saturated rings. The van der Waals surface area contributed by atoms with Gasteiger partial charge in [-0.2, -0.15) is 0 Å². The molecule has 5 rings (SSSR count). The third-order valence-electron chi connectivity index (χ3n) is 5.13. The number of nitrogens with one attached hydrogen (secondary N) is 2. The van der Waals surface area contributed by atoms with E-state index in [4.69, 9.17) is 4.99 Å². The summed E-state index contributed by atoms with van der Waals surface area (Å²) in [5.41, 5.74) is 5.69. The molecule has 0 unspecified atom stereocenters. The van der Waals surface area contributed by atoms with Gasteiger partial charge in [0, 0.05) is 11.8 Å². The second-order valence-corrected chi connectivity index (χ2v) is 6.51. The molecule has 2 aliphatic heterocycles. The van der Waals surface area contributed by atoms with E-state index in [9.17, 15) is 4.79 Å². The van der Waals surface area contributed by atoms with Gasteiger partial charge in [-0.15, -0.1) is 0 Å². The fourth-order valence-corrected chi connectivity index (χ4v) is 3.98. The summed E-state index contributed by atoms with van der Waals surface area (Å²) in [6.45, 7) is 2.07. The van der Waals surface area contributed by atoms with Crippen LogP contribution in [0.3, 0.4) is 0 Å². The van der Waals surface area contributed by atoms with Crippen molar-refractivity contribution >= 4 is 22.9 Å². The lowest BCUT2D eigenvalue weighted by Crippen LogP contribution is -2.26. The fourth-order valence-electron chi connectivity index (χ4n) is 3.98. The Hall–Kier alpha value is -2.66. The summed E-state index contributed by atoms with van der Waals surface area (Å²) in [6.07, 6.45) is 4.11. The van der Waals surface area contributed by atoms with E-state index in [0.29, 0.717) is 5.92 Å². The highest BCUT2D eigenvalue weighted by Crippen LogP contribution is 2.38. The number of fused-ring (bicyclic) bond motifs is 2. The Labute approximate surface area is 139 Å². The smallest absolute Gasteiger partial charge is 0.317 e. The summed E-state index contributed by atoms with van der Waals surface area (Å²) in [5, 5.41) is 3.41. The number of nitrogens with zero attached hydrogens (tertiary/aromatic N) is 2. The zero-order valence-corrected chi connectivity index (χ0v) is 13.2. The second-order valence-electron chi connectivity index (χ2n) is 6.51. The van der Waals surface area contributed by atoms with Gasteiger partial charge in [-0.3, -0.25) is 9.56 Å². The first-order chi connectivity index (χ1) is 11.8. The number of benzene rings is 2. The minimum absolute atomic E-state index is 0.105. The Bertz CT molecular complexity index is 1020. The molecule has 2 N–H and O–H groups in total. The molecule has 2 aromatic carbocycles. The third kappa shape index (κ3) is 1.91. The maximum Gasteiger partial charge on any atom is 0.331 e. The molecule has 3 aromatic rings. The average Bonchev–Trinajstić information content (AvgIpc) is 2.85.